The van der Waals surface area contributed by atoms with Crippen LogP contribution in [0.4, 0.5) is 9.59 Å². The van der Waals surface area contributed by atoms with Crippen LogP contribution in [0.25, 0.3) is 44.8 Å². The highest BCUT2D eigenvalue weighted by atomic mass is 79.9. The highest BCUT2D eigenvalue weighted by Crippen LogP contribution is 2.46. The Balaban J connectivity index is 0.000000166. The summed E-state index contributed by atoms with van der Waals surface area (Å²) in [7, 11) is 5.99. The van der Waals surface area contributed by atoms with Gasteiger partial charge in [0, 0.05) is 73.6 Å². The number of nitrogens with one attached hydrogen (secondary N) is 4. The van der Waals surface area contributed by atoms with E-state index in [9.17, 15) is 43.5 Å². The molecule has 8 aliphatic rings. The zero-order chi connectivity index (χ0) is 74.7. The second kappa shape index (κ2) is 32.8. The first-order valence-corrected chi connectivity index (χ1v) is 37.8. The number of carbonyl (C=O) groups is 8. The number of aromatic nitrogens is 4. The van der Waals surface area contributed by atoms with Gasteiger partial charge < -0.3 is 68.7 Å². The third-order valence-corrected chi connectivity index (χ3v) is 23.2. The molecule has 560 valence electrons. The minimum absolute atomic E-state index is 0.0872. The van der Waals surface area contributed by atoms with Crippen LogP contribution in [0.1, 0.15) is 185 Å². The molecule has 2 aromatic heterocycles. The monoisotopic (exact) mass is 1500 g/mol. The molecular weight excluding hydrogens is 1410 g/mol. The number of amides is 4. The number of fused-ring (bicyclic) bond motifs is 8. The standard InChI is InChI=1S/C40H48N4O8.C27H27BrN2O3.C13H22N2O5/c1-21(2)35(43-40(48)50-5)38(46)44-22(3)6-12-32(44)39(47)52-33-13-10-24-16-30-28-11-9-25(15-27(28)20-51-34(30)17-29(24)36(33)45)31-18-41-37(42-31)26-8-7-23(14-26)19-49-4;1-32-13-15-2-3-18(8-15)27-29-12-24(30-27)17-4-6-20-19(9-17)14-33-25-11-21-16(10-22(20)25)5-7-23(28)26(21)31;1-7(2)10(14-13(19)20-4)11(16)15-8(3)5-6-9(15)12(17)18/h9,11,15-18,21-23,26,32-33,35H,6-8,10,12-14,19-20H2,1-5H3,(H,41,42)(H,43,48);4,6,9-12,15,18,23H,2-3,5,7-8,13-14H2,1H3,(H,29,30);7-10H,5-6H2,1-4H3,(H,14,19)(H,17,18)/t22-,23+,26-,32-,33?,35-;15-,18+,23?;8-,9-,10-/m010/s1. The Morgan fingerprint density at radius 3 is 1.48 bits per heavy atom. The Bertz CT molecular complexity index is 4260. The molecule has 4 fully saturated rings. The maximum Gasteiger partial charge on any atom is 0.407 e. The molecule has 2 saturated carbocycles. The number of aliphatic carboxylic acids is 1. The van der Waals surface area contributed by atoms with Crippen molar-refractivity contribution in [1.29, 1.82) is 0 Å². The number of hydrogen-bond acceptors (Lipinski definition) is 17. The number of carboxylic acids is 1. The number of nitrogens with zero attached hydrogens (tertiary/aromatic N) is 4. The van der Waals surface area contributed by atoms with Gasteiger partial charge in [0.15, 0.2) is 11.9 Å². The SMILES string of the molecule is COC(=O)N[C@H](C(=O)N1[C@@H](C)CC[C@H]1C(=O)O)C(C)C.COC[C@@H]1CC[C@H](c2ncc(-c3ccc4c(c3)COc3cc5c(cc3-4)CCC(Br)C5=O)[nH]2)C1.COC[C@@H]1CC[C@H](c2ncc(-c3ccc4c(c3)COc3cc5c(cc3-4)CCC(OC(=O)[C@@H]3CC[C@H](C)N3C(=O)[C@@H](NC(=O)OC)C(C)C)C5=O)[nH]2)C1. The summed E-state index contributed by atoms with van der Waals surface area (Å²) in [6.45, 7) is 13.4. The van der Waals surface area contributed by atoms with Crippen LogP contribution in [0.3, 0.4) is 0 Å². The van der Waals surface area contributed by atoms with E-state index >= 15 is 0 Å². The van der Waals surface area contributed by atoms with Crippen LogP contribution in [-0.2, 0) is 68.9 Å². The van der Waals surface area contributed by atoms with E-state index in [2.05, 4.69) is 83.7 Å². The molecular formula is C80H97BrN8O16. The lowest BCUT2D eigenvalue weighted by Gasteiger charge is -2.33. The van der Waals surface area contributed by atoms with Crippen molar-refractivity contribution >= 4 is 63.4 Å². The number of ketones is 2. The third-order valence-electron chi connectivity index (χ3n) is 22.3. The Morgan fingerprint density at radius 1 is 0.562 bits per heavy atom. The minimum atomic E-state index is -1.01. The quantitative estimate of drug-likeness (QED) is 0.0322. The Hall–Kier alpha value is -8.94. The van der Waals surface area contributed by atoms with Gasteiger partial charge in [0.25, 0.3) is 0 Å². The van der Waals surface area contributed by atoms with E-state index in [0.717, 1.165) is 136 Å². The summed E-state index contributed by atoms with van der Waals surface area (Å²) in [5.41, 5.74) is 14.0. The van der Waals surface area contributed by atoms with Crippen molar-refractivity contribution in [3.8, 4) is 56.3 Å². The molecule has 12 atom stereocenters. The van der Waals surface area contributed by atoms with Gasteiger partial charge >= 0.3 is 24.1 Å². The molecule has 0 bridgehead atoms. The van der Waals surface area contributed by atoms with E-state index in [1.165, 1.54) is 42.4 Å². The molecule has 4 aliphatic carbocycles. The van der Waals surface area contributed by atoms with Crippen LogP contribution in [0.2, 0.25) is 0 Å². The van der Waals surface area contributed by atoms with E-state index in [1.807, 2.05) is 52.2 Å². The summed E-state index contributed by atoms with van der Waals surface area (Å²) >= 11 is 3.50. The Morgan fingerprint density at radius 2 is 1.02 bits per heavy atom. The number of methoxy groups -OCH3 is 4. The number of aromatic amines is 2. The number of alkyl carbamates (subject to hydrolysis) is 2. The zero-order valence-corrected chi connectivity index (χ0v) is 63.1. The largest absolute Gasteiger partial charge is 0.488 e. The van der Waals surface area contributed by atoms with E-state index in [0.29, 0.717) is 86.7 Å². The number of imidazole rings is 2. The first-order valence-electron chi connectivity index (χ1n) is 36.9. The summed E-state index contributed by atoms with van der Waals surface area (Å²) in [6, 6.07) is 17.1. The van der Waals surface area contributed by atoms with Crippen molar-refractivity contribution in [2.75, 3.05) is 41.7 Å². The molecule has 24 nitrogen and oxygen atoms in total. The molecule has 2 saturated heterocycles. The van der Waals surface area contributed by atoms with Gasteiger partial charge in [0.1, 0.15) is 60.5 Å². The van der Waals surface area contributed by atoms with Gasteiger partial charge in [0.2, 0.25) is 17.6 Å². The van der Waals surface area contributed by atoms with Gasteiger partial charge in [0.05, 0.1) is 42.8 Å². The lowest BCUT2D eigenvalue weighted by atomic mass is 9.84. The molecule has 6 aromatic rings. The fraction of sp³-hybridized carbons (Fsp3) is 0.525. The van der Waals surface area contributed by atoms with E-state index in [4.69, 9.17) is 38.4 Å². The lowest BCUT2D eigenvalue weighted by Crippen LogP contribution is -2.56. The molecule has 4 aliphatic heterocycles. The average molecular weight is 1510 g/mol. The first-order chi connectivity index (χ1) is 50.4. The lowest BCUT2D eigenvalue weighted by molar-refractivity contribution is -0.158. The van der Waals surface area contributed by atoms with Gasteiger partial charge in [-0.3, -0.25) is 19.2 Å². The minimum Gasteiger partial charge on any atom is -0.488 e. The fourth-order valence-electron chi connectivity index (χ4n) is 16.6. The number of H-pyrrole nitrogens is 2. The zero-order valence-electron chi connectivity index (χ0n) is 61.5. The number of alkyl halides is 1. The molecule has 105 heavy (non-hydrogen) atoms. The first kappa shape index (κ1) is 75.7. The second-order valence-corrected chi connectivity index (χ2v) is 31.1. The van der Waals surface area contributed by atoms with Crippen LogP contribution in [0.5, 0.6) is 11.5 Å². The van der Waals surface area contributed by atoms with E-state index in [1.54, 1.807) is 34.1 Å². The maximum atomic E-state index is 13.8. The summed E-state index contributed by atoms with van der Waals surface area (Å²) in [5.74, 6) is 2.78. The number of carboxylic acid groups (broad SMARTS) is 1. The number of aryl methyl sites for hydroxylation is 2. The van der Waals surface area contributed by atoms with Crippen LogP contribution < -0.4 is 20.1 Å². The van der Waals surface area contributed by atoms with Gasteiger partial charge in [-0.05, 0) is 208 Å². The summed E-state index contributed by atoms with van der Waals surface area (Å²) in [5, 5.41) is 14.3. The number of benzene rings is 4. The summed E-state index contributed by atoms with van der Waals surface area (Å²) in [4.78, 5) is 120. The average Bonchev–Trinajstić information content (AvgIpc) is 1.01. The molecule has 5 N–H and O–H groups in total. The molecule has 14 rings (SSSR count). The van der Waals surface area contributed by atoms with Gasteiger partial charge in [-0.15, -0.1) is 0 Å². The molecule has 0 spiro atoms. The van der Waals surface area contributed by atoms with Crippen LogP contribution in [0, 0.1) is 23.7 Å². The second-order valence-electron chi connectivity index (χ2n) is 30.0. The smallest absolute Gasteiger partial charge is 0.407 e. The van der Waals surface area contributed by atoms with E-state index < -0.39 is 54.4 Å². The number of ether oxygens (including phenoxy) is 7. The van der Waals surface area contributed by atoms with Gasteiger partial charge in [-0.1, -0.05) is 67.9 Å². The number of esters is 1. The molecule has 4 aromatic carbocycles. The van der Waals surface area contributed by atoms with Gasteiger partial charge in [-0.2, -0.15) is 0 Å². The van der Waals surface area contributed by atoms with Gasteiger partial charge in [-0.25, -0.2) is 29.1 Å². The number of halogens is 1. The molecule has 2 unspecified atom stereocenters. The van der Waals surface area contributed by atoms with Crippen molar-refractivity contribution in [3.63, 3.8) is 0 Å². The Kier molecular flexibility index (Phi) is 23.7. The summed E-state index contributed by atoms with van der Waals surface area (Å²) in [6.07, 6.45) is 13.1. The summed E-state index contributed by atoms with van der Waals surface area (Å²) < 4.78 is 38.1. The number of hydrogen-bond donors (Lipinski definition) is 5. The fourth-order valence-corrected chi connectivity index (χ4v) is 17.1. The van der Waals surface area contributed by atoms with Crippen molar-refractivity contribution in [3.05, 3.63) is 118 Å². The van der Waals surface area contributed by atoms with Crippen LogP contribution >= 0.6 is 15.9 Å². The predicted octanol–water partition coefficient (Wildman–Crippen LogP) is 12.9. The molecule has 4 amide bonds. The van der Waals surface area contributed by atoms with Crippen molar-refractivity contribution in [2.24, 2.45) is 23.7 Å². The van der Waals surface area contributed by atoms with Crippen LogP contribution in [0.15, 0.2) is 73.1 Å². The Labute approximate surface area is 620 Å². The third kappa shape index (κ3) is 16.3. The molecule has 25 heteroatoms. The molecule has 6 heterocycles. The molecule has 0 radical (unpaired) electrons. The highest BCUT2D eigenvalue weighted by Gasteiger charge is 2.46. The number of carbonyl (C=O) groups excluding carboxylic acids is 7. The van der Waals surface area contributed by atoms with E-state index in [-0.39, 0.29) is 52.1 Å². The van der Waals surface area contributed by atoms with Crippen LogP contribution in [-0.4, -0.2) is 171 Å². The highest BCUT2D eigenvalue weighted by molar-refractivity contribution is 9.10. The normalized spacial score (nSPS) is 23.8. The predicted molar refractivity (Wildman–Crippen MR) is 394 cm³/mol. The van der Waals surface area contributed by atoms with Crippen molar-refractivity contribution in [2.45, 2.75) is 204 Å². The van der Waals surface area contributed by atoms with Crippen molar-refractivity contribution < 1.29 is 76.6 Å². The maximum absolute atomic E-state index is 13.8. The number of likely N-dealkylation sites (tertiary alicyclic amines) is 2. The number of rotatable bonds is 17. The topological polar surface area (TPSA) is 309 Å². The number of Topliss-reactive ketones (excluding diaryl/α,β-unsaturated/α-hetero) is 2. The van der Waals surface area contributed by atoms with Crippen molar-refractivity contribution in [1.82, 2.24) is 40.4 Å².